The first-order valence-corrected chi connectivity index (χ1v) is 20.8. The average Bonchev–Trinajstić information content (AvgIpc) is 3.98. The number of H-pyrrole nitrogens is 1. The third-order valence-electron chi connectivity index (χ3n) is 10.0. The van der Waals surface area contributed by atoms with E-state index in [0.29, 0.717) is 41.7 Å². The van der Waals surface area contributed by atoms with Crippen molar-refractivity contribution in [3.63, 3.8) is 0 Å². The molecule has 2 unspecified atom stereocenters. The summed E-state index contributed by atoms with van der Waals surface area (Å²) in [7, 11) is -2.02. The second kappa shape index (κ2) is 15.7. The third-order valence-corrected chi connectivity index (χ3v) is 13.1. The first kappa shape index (κ1) is 34.6. The minimum atomic E-state index is -1.02. The van der Waals surface area contributed by atoms with E-state index in [4.69, 9.17) is 35.5 Å². The van der Waals surface area contributed by atoms with E-state index < -0.39 is 21.6 Å². The molecule has 0 saturated carbocycles. The molecule has 5 aliphatic rings. The highest BCUT2D eigenvalue weighted by molar-refractivity contribution is 7.85. The number of aromatic amines is 1. The van der Waals surface area contributed by atoms with Crippen molar-refractivity contribution in [3.05, 3.63) is 46.8 Å². The van der Waals surface area contributed by atoms with Crippen molar-refractivity contribution in [3.8, 4) is 11.5 Å². The Kier molecular flexibility index (Phi) is 10.6. The zero-order valence-corrected chi connectivity index (χ0v) is 30.7. The van der Waals surface area contributed by atoms with Crippen LogP contribution in [0.15, 0.2) is 38.7 Å². The van der Waals surface area contributed by atoms with Crippen LogP contribution in [0, 0.1) is 0 Å². The van der Waals surface area contributed by atoms with Crippen molar-refractivity contribution < 1.29 is 22.3 Å². The first-order chi connectivity index (χ1) is 25.0. The number of fused-ring (bicyclic) bond motifs is 2. The Balaban J connectivity index is 0.000000175. The molecule has 0 bridgehead atoms. The van der Waals surface area contributed by atoms with Gasteiger partial charge in [-0.25, -0.2) is 9.97 Å². The van der Waals surface area contributed by atoms with Crippen LogP contribution < -0.4 is 15.5 Å². The molecule has 4 aromatic heterocycles. The largest absolute Gasteiger partial charge is 0.463 e. The highest BCUT2D eigenvalue weighted by Crippen LogP contribution is 2.35. The maximum atomic E-state index is 12.6. The molecule has 0 amide bonds. The molecule has 3 fully saturated rings. The van der Waals surface area contributed by atoms with E-state index in [-0.39, 0.29) is 5.28 Å². The average molecular weight is 756 g/mol. The van der Waals surface area contributed by atoms with Gasteiger partial charge in [0.2, 0.25) is 11.2 Å². The summed E-state index contributed by atoms with van der Waals surface area (Å²) in [6.07, 6.45) is 8.87. The van der Waals surface area contributed by atoms with Crippen molar-refractivity contribution >= 4 is 50.8 Å². The number of rotatable bonds is 7. The van der Waals surface area contributed by atoms with Gasteiger partial charge < -0.3 is 29.4 Å². The monoisotopic (exact) mass is 755 g/mol. The van der Waals surface area contributed by atoms with Gasteiger partial charge in [-0.3, -0.25) is 13.5 Å². The molecule has 2 atom stereocenters. The van der Waals surface area contributed by atoms with Gasteiger partial charge in [0.1, 0.15) is 27.1 Å². The number of anilines is 3. The van der Waals surface area contributed by atoms with Gasteiger partial charge in [-0.2, -0.15) is 15.1 Å². The van der Waals surface area contributed by atoms with Gasteiger partial charge in [0.15, 0.2) is 5.76 Å². The molecular weight excluding hydrogens is 714 g/mol. The van der Waals surface area contributed by atoms with Crippen molar-refractivity contribution in [2.75, 3.05) is 66.6 Å². The normalized spacial score (nSPS) is 22.6. The summed E-state index contributed by atoms with van der Waals surface area (Å²) < 4.78 is 40.9. The molecular formula is C34H42ClN9O5S2. The number of nitrogens with one attached hydrogen (secondary N) is 3. The molecule has 3 N–H and O–H groups in total. The van der Waals surface area contributed by atoms with Crippen LogP contribution in [0.3, 0.4) is 0 Å². The first-order valence-electron chi connectivity index (χ1n) is 17.7. The fourth-order valence-corrected chi connectivity index (χ4v) is 10.1. The Morgan fingerprint density at radius 2 is 1.41 bits per heavy atom. The fraction of sp³-hybridized carbons (Fsp3) is 0.559. The van der Waals surface area contributed by atoms with Crippen molar-refractivity contribution in [1.29, 1.82) is 0 Å². The van der Waals surface area contributed by atoms with Gasteiger partial charge in [0.25, 0.3) is 0 Å². The van der Waals surface area contributed by atoms with Crippen molar-refractivity contribution in [2.45, 2.75) is 79.2 Å². The molecule has 0 spiro atoms. The molecule has 272 valence electrons. The molecule has 0 radical (unpaired) electrons. The van der Waals surface area contributed by atoms with Crippen molar-refractivity contribution in [1.82, 2.24) is 30.1 Å². The number of hydrogen-bond donors (Lipinski definition) is 3. The van der Waals surface area contributed by atoms with Crippen LogP contribution in [-0.4, -0.2) is 102 Å². The second-order valence-corrected chi connectivity index (χ2v) is 16.7. The van der Waals surface area contributed by atoms with Gasteiger partial charge in [0.05, 0.1) is 39.3 Å². The van der Waals surface area contributed by atoms with Crippen LogP contribution in [0.25, 0.3) is 11.5 Å². The Bertz CT molecular complexity index is 1870. The standard InChI is InChI=1S/C23H28N6O3S.C11H14ClN3O2S/c30-33-13-7-17-21(33)22(24-16-5-11-31-12-6-16)26-23(25-17)29-8-3-15(4-9-29)18-14-19(28-27-18)20-2-1-10-32-20;12-11-14-8-3-6-18(16)9(8)10(15-11)13-7-1-4-17-5-2-7/h1-2,10,14-16H,3-9,11-13H2,(H,27,28)(H,24,25,26);7H,1-6H2,(H,13,14,15). The second-order valence-electron chi connectivity index (χ2n) is 13.4. The van der Waals surface area contributed by atoms with Crippen LogP contribution in [0.5, 0.6) is 0 Å². The highest BCUT2D eigenvalue weighted by atomic mass is 35.5. The van der Waals surface area contributed by atoms with Gasteiger partial charge in [-0.1, -0.05) is 0 Å². The minimum absolute atomic E-state index is 0.224. The summed E-state index contributed by atoms with van der Waals surface area (Å²) in [4.78, 5) is 21.9. The molecule has 0 aliphatic carbocycles. The Morgan fingerprint density at radius 3 is 2.02 bits per heavy atom. The number of ether oxygens (including phenoxy) is 2. The summed E-state index contributed by atoms with van der Waals surface area (Å²) in [6, 6.07) is 6.51. The smallest absolute Gasteiger partial charge is 0.227 e. The SMILES string of the molecule is O=S1CCc2nc(Cl)nc(NC3CCOCC3)c21.O=S1CCc2nc(N3CCC(c4cc(-c5ccco5)n[nH]4)CC3)nc(NC3CCOCC3)c21. The molecule has 5 aliphatic heterocycles. The molecule has 9 rings (SSSR count). The predicted molar refractivity (Wildman–Crippen MR) is 194 cm³/mol. The van der Waals surface area contributed by atoms with Crippen molar-refractivity contribution in [2.24, 2.45) is 0 Å². The highest BCUT2D eigenvalue weighted by Gasteiger charge is 2.31. The molecule has 17 heteroatoms. The van der Waals surface area contributed by atoms with E-state index in [0.717, 1.165) is 135 Å². The Morgan fingerprint density at radius 1 is 0.804 bits per heavy atom. The Hall–Kier alpha value is -3.44. The molecule has 3 saturated heterocycles. The number of hydrogen-bond acceptors (Lipinski definition) is 13. The van der Waals surface area contributed by atoms with Crippen LogP contribution in [0.2, 0.25) is 5.28 Å². The summed E-state index contributed by atoms with van der Waals surface area (Å²) >= 11 is 5.91. The van der Waals surface area contributed by atoms with E-state index in [2.05, 4.69) is 41.8 Å². The van der Waals surface area contributed by atoms with Crippen LogP contribution in [0.1, 0.15) is 61.5 Å². The van der Waals surface area contributed by atoms with Gasteiger partial charge in [-0.05, 0) is 68.3 Å². The number of aromatic nitrogens is 6. The summed E-state index contributed by atoms with van der Waals surface area (Å²) in [5, 5.41) is 14.8. The summed E-state index contributed by atoms with van der Waals surface area (Å²) in [5.74, 6) is 4.61. The zero-order chi connectivity index (χ0) is 34.7. The third kappa shape index (κ3) is 7.84. The van der Waals surface area contributed by atoms with E-state index >= 15 is 0 Å². The lowest BCUT2D eigenvalue weighted by Crippen LogP contribution is -2.35. The number of nitrogens with zero attached hydrogens (tertiary/aromatic N) is 6. The number of furan rings is 1. The lowest BCUT2D eigenvalue weighted by molar-refractivity contribution is 0.0902. The number of halogens is 1. The molecule has 51 heavy (non-hydrogen) atoms. The zero-order valence-electron chi connectivity index (χ0n) is 28.3. The van der Waals surface area contributed by atoms with Gasteiger partial charge in [0, 0.05) is 87.6 Å². The van der Waals surface area contributed by atoms with E-state index in [1.807, 2.05) is 12.1 Å². The Labute approximate surface area is 306 Å². The van der Waals surface area contributed by atoms with E-state index in [9.17, 15) is 8.42 Å². The van der Waals surface area contributed by atoms with Crippen LogP contribution in [0.4, 0.5) is 17.6 Å². The predicted octanol–water partition coefficient (Wildman–Crippen LogP) is 4.48. The number of piperidine rings is 1. The molecule has 0 aromatic carbocycles. The molecule has 9 heterocycles. The topological polar surface area (TPSA) is 173 Å². The summed E-state index contributed by atoms with van der Waals surface area (Å²) in [5.41, 5.74) is 3.75. The fourth-order valence-electron chi connectivity index (χ4n) is 7.25. The van der Waals surface area contributed by atoms with Gasteiger partial charge >= 0.3 is 0 Å². The quantitative estimate of drug-likeness (QED) is 0.226. The van der Waals surface area contributed by atoms with Crippen LogP contribution >= 0.6 is 11.6 Å². The van der Waals surface area contributed by atoms with Gasteiger partial charge in [-0.15, -0.1) is 0 Å². The molecule has 4 aromatic rings. The summed E-state index contributed by atoms with van der Waals surface area (Å²) in [6.45, 7) is 4.76. The lowest BCUT2D eigenvalue weighted by atomic mass is 9.93. The van der Waals surface area contributed by atoms with Crippen LogP contribution in [-0.2, 0) is 43.9 Å². The maximum Gasteiger partial charge on any atom is 0.227 e. The van der Waals surface area contributed by atoms with E-state index in [1.165, 1.54) is 0 Å². The maximum absolute atomic E-state index is 12.6. The minimum Gasteiger partial charge on any atom is -0.463 e. The number of aryl methyl sites for hydroxylation is 2. The lowest BCUT2D eigenvalue weighted by Gasteiger charge is -2.32. The van der Waals surface area contributed by atoms with E-state index in [1.54, 1.807) is 6.26 Å². The molecule has 14 nitrogen and oxygen atoms in total.